The van der Waals surface area contributed by atoms with Gasteiger partial charge in [0.05, 0.1) is 6.61 Å². The number of hydrogen-bond donors (Lipinski definition) is 1. The summed E-state index contributed by atoms with van der Waals surface area (Å²) in [4.78, 5) is 16.4. The Bertz CT molecular complexity index is 269. The zero-order chi connectivity index (χ0) is 14.3. The minimum absolute atomic E-state index is 0.176. The molecular formula is C14H29N3O2. The summed E-state index contributed by atoms with van der Waals surface area (Å²) in [5.41, 5.74) is 5.86. The van der Waals surface area contributed by atoms with Gasteiger partial charge in [-0.05, 0) is 32.7 Å². The van der Waals surface area contributed by atoms with Gasteiger partial charge in [0, 0.05) is 45.8 Å². The molecule has 1 amide bonds. The first kappa shape index (κ1) is 16.4. The van der Waals surface area contributed by atoms with Gasteiger partial charge in [-0.15, -0.1) is 0 Å². The monoisotopic (exact) mass is 271 g/mol. The highest BCUT2D eigenvalue weighted by atomic mass is 16.5. The third kappa shape index (κ3) is 4.75. The average Bonchev–Trinajstić information content (AvgIpc) is 2.86. The van der Waals surface area contributed by atoms with Crippen molar-refractivity contribution in [2.45, 2.75) is 32.7 Å². The molecule has 1 saturated heterocycles. The lowest BCUT2D eigenvalue weighted by Gasteiger charge is -2.28. The van der Waals surface area contributed by atoms with E-state index in [0.29, 0.717) is 18.9 Å². The van der Waals surface area contributed by atoms with Gasteiger partial charge in [-0.25, -0.2) is 0 Å². The minimum atomic E-state index is 0.176. The highest BCUT2D eigenvalue weighted by molar-refractivity contribution is 5.76. The smallest absolute Gasteiger partial charge is 0.224 e. The van der Waals surface area contributed by atoms with Crippen LogP contribution in [0, 0.1) is 5.92 Å². The van der Waals surface area contributed by atoms with E-state index in [1.807, 2.05) is 18.7 Å². The first-order valence-corrected chi connectivity index (χ1v) is 7.37. The van der Waals surface area contributed by atoms with Gasteiger partial charge in [0.15, 0.2) is 0 Å². The summed E-state index contributed by atoms with van der Waals surface area (Å²) < 4.78 is 5.21. The number of carbonyl (C=O) groups is 1. The van der Waals surface area contributed by atoms with Crippen LogP contribution in [0.25, 0.3) is 0 Å². The van der Waals surface area contributed by atoms with Gasteiger partial charge in [0.25, 0.3) is 0 Å². The zero-order valence-corrected chi connectivity index (χ0v) is 12.6. The first-order chi connectivity index (χ1) is 9.15. The van der Waals surface area contributed by atoms with Crippen LogP contribution in [0.4, 0.5) is 0 Å². The highest BCUT2D eigenvalue weighted by Gasteiger charge is 2.29. The number of nitrogens with two attached hydrogens (primary N) is 1. The van der Waals surface area contributed by atoms with Gasteiger partial charge in [0.1, 0.15) is 0 Å². The fourth-order valence-electron chi connectivity index (χ4n) is 2.83. The van der Waals surface area contributed by atoms with Gasteiger partial charge in [-0.1, -0.05) is 0 Å². The van der Waals surface area contributed by atoms with Gasteiger partial charge >= 0.3 is 0 Å². The number of hydrogen-bond acceptors (Lipinski definition) is 4. The largest absolute Gasteiger partial charge is 0.384 e. The van der Waals surface area contributed by atoms with Crippen molar-refractivity contribution in [3.63, 3.8) is 0 Å². The Labute approximate surface area is 117 Å². The lowest BCUT2D eigenvalue weighted by molar-refractivity contribution is -0.132. The van der Waals surface area contributed by atoms with E-state index in [1.165, 1.54) is 0 Å². The molecule has 1 aliphatic heterocycles. The standard InChI is InChI=1S/C14H29N3O2/c1-4-16(5-2)14(18)8-13(9-15)17-7-6-12(10-17)11-19-3/h12-13H,4-11,15H2,1-3H3. The molecule has 0 saturated carbocycles. The van der Waals surface area contributed by atoms with Crippen LogP contribution in [0.15, 0.2) is 0 Å². The molecule has 1 heterocycles. The molecule has 1 fully saturated rings. The quantitative estimate of drug-likeness (QED) is 0.700. The molecule has 1 aliphatic rings. The number of rotatable bonds is 8. The molecule has 0 aromatic carbocycles. The molecule has 0 bridgehead atoms. The number of nitrogens with zero attached hydrogens (tertiary/aromatic N) is 2. The fourth-order valence-corrected chi connectivity index (χ4v) is 2.83. The topological polar surface area (TPSA) is 58.8 Å². The molecular weight excluding hydrogens is 242 g/mol. The van der Waals surface area contributed by atoms with Crippen LogP contribution in [0.2, 0.25) is 0 Å². The normalized spacial score (nSPS) is 21.6. The molecule has 2 unspecified atom stereocenters. The molecule has 19 heavy (non-hydrogen) atoms. The molecule has 2 N–H and O–H groups in total. The van der Waals surface area contributed by atoms with Gasteiger partial charge < -0.3 is 15.4 Å². The average molecular weight is 271 g/mol. The summed E-state index contributed by atoms with van der Waals surface area (Å²) in [6.45, 7) is 8.97. The zero-order valence-electron chi connectivity index (χ0n) is 12.6. The Balaban J connectivity index is 2.47. The third-order valence-corrected chi connectivity index (χ3v) is 4.03. The van der Waals surface area contributed by atoms with Crippen molar-refractivity contribution in [2.75, 3.05) is 46.4 Å². The molecule has 5 heteroatoms. The summed E-state index contributed by atoms with van der Waals surface area (Å²) in [6.07, 6.45) is 1.68. The summed E-state index contributed by atoms with van der Waals surface area (Å²) in [7, 11) is 1.74. The molecule has 0 aromatic heterocycles. The van der Waals surface area contributed by atoms with Gasteiger partial charge in [-0.2, -0.15) is 0 Å². The number of amides is 1. The van der Waals surface area contributed by atoms with E-state index in [-0.39, 0.29) is 11.9 Å². The van der Waals surface area contributed by atoms with Crippen molar-refractivity contribution in [2.24, 2.45) is 11.7 Å². The van der Waals surface area contributed by atoms with E-state index in [4.69, 9.17) is 10.5 Å². The van der Waals surface area contributed by atoms with Gasteiger partial charge in [-0.3, -0.25) is 9.69 Å². The molecule has 2 atom stereocenters. The van der Waals surface area contributed by atoms with Crippen molar-refractivity contribution in [3.05, 3.63) is 0 Å². The van der Waals surface area contributed by atoms with Crippen molar-refractivity contribution in [1.82, 2.24) is 9.80 Å². The number of carbonyl (C=O) groups excluding carboxylic acids is 1. The summed E-state index contributed by atoms with van der Waals surface area (Å²) in [6, 6.07) is 0.176. The molecule has 0 spiro atoms. The van der Waals surface area contributed by atoms with E-state index < -0.39 is 0 Å². The molecule has 0 aliphatic carbocycles. The van der Waals surface area contributed by atoms with Crippen LogP contribution >= 0.6 is 0 Å². The molecule has 0 radical (unpaired) electrons. The molecule has 5 nitrogen and oxygen atoms in total. The molecule has 1 rings (SSSR count). The van der Waals surface area contributed by atoms with Crippen LogP contribution in [-0.2, 0) is 9.53 Å². The second-order valence-corrected chi connectivity index (χ2v) is 5.26. The van der Waals surface area contributed by atoms with Gasteiger partial charge in [0.2, 0.25) is 5.91 Å². The van der Waals surface area contributed by atoms with Crippen LogP contribution in [0.5, 0.6) is 0 Å². The van der Waals surface area contributed by atoms with Crippen LogP contribution in [-0.4, -0.2) is 68.2 Å². The Morgan fingerprint density at radius 1 is 1.47 bits per heavy atom. The Morgan fingerprint density at radius 3 is 2.68 bits per heavy atom. The maximum absolute atomic E-state index is 12.2. The summed E-state index contributed by atoms with van der Waals surface area (Å²) in [5, 5.41) is 0. The van der Waals surface area contributed by atoms with Crippen LogP contribution < -0.4 is 5.73 Å². The second kappa shape index (κ2) is 8.51. The van der Waals surface area contributed by atoms with Crippen molar-refractivity contribution >= 4 is 5.91 Å². The molecule has 112 valence electrons. The van der Waals surface area contributed by atoms with E-state index in [0.717, 1.165) is 39.2 Å². The highest BCUT2D eigenvalue weighted by Crippen LogP contribution is 2.20. The third-order valence-electron chi connectivity index (χ3n) is 4.03. The number of ether oxygens (including phenoxy) is 1. The number of likely N-dealkylation sites (tertiary alicyclic amines) is 1. The Morgan fingerprint density at radius 2 is 2.16 bits per heavy atom. The van der Waals surface area contributed by atoms with Crippen molar-refractivity contribution in [1.29, 1.82) is 0 Å². The van der Waals surface area contributed by atoms with E-state index >= 15 is 0 Å². The van der Waals surface area contributed by atoms with Crippen molar-refractivity contribution < 1.29 is 9.53 Å². The predicted octanol–water partition coefficient (Wildman–Crippen LogP) is 0.541. The molecule has 0 aromatic rings. The maximum Gasteiger partial charge on any atom is 0.224 e. The van der Waals surface area contributed by atoms with Crippen LogP contribution in [0.1, 0.15) is 26.7 Å². The lowest BCUT2D eigenvalue weighted by Crippen LogP contribution is -2.44. The van der Waals surface area contributed by atoms with E-state index in [1.54, 1.807) is 7.11 Å². The first-order valence-electron chi connectivity index (χ1n) is 7.37. The fraction of sp³-hybridized carbons (Fsp3) is 0.929. The minimum Gasteiger partial charge on any atom is -0.384 e. The van der Waals surface area contributed by atoms with Crippen LogP contribution in [0.3, 0.4) is 0 Å². The SMILES string of the molecule is CCN(CC)C(=O)CC(CN)N1CCC(COC)C1. The Kier molecular flexibility index (Phi) is 7.34. The summed E-state index contributed by atoms with van der Waals surface area (Å²) in [5.74, 6) is 0.804. The maximum atomic E-state index is 12.2. The predicted molar refractivity (Wildman–Crippen MR) is 76.9 cm³/mol. The Hall–Kier alpha value is -0.650. The van der Waals surface area contributed by atoms with Crippen molar-refractivity contribution in [3.8, 4) is 0 Å². The van der Waals surface area contributed by atoms with E-state index in [9.17, 15) is 4.79 Å². The van der Waals surface area contributed by atoms with E-state index in [2.05, 4.69) is 4.90 Å². The summed E-state index contributed by atoms with van der Waals surface area (Å²) >= 11 is 0. The lowest BCUT2D eigenvalue weighted by atomic mass is 10.1. The second-order valence-electron chi connectivity index (χ2n) is 5.26. The number of methoxy groups -OCH3 is 1.